The molecule has 1 N–H and O–H groups in total. The van der Waals surface area contributed by atoms with Gasteiger partial charge in [-0.3, -0.25) is 4.79 Å². The van der Waals surface area contributed by atoms with Crippen LogP contribution in [-0.2, 0) is 11.2 Å². The Kier molecular flexibility index (Phi) is 3.29. The van der Waals surface area contributed by atoms with Crippen LogP contribution < -0.4 is 15.0 Å². The Hall–Kier alpha value is -2.49. The highest BCUT2D eigenvalue weighted by molar-refractivity contribution is 6.02. The molecule has 0 atom stereocenters. The molecule has 1 amide bonds. The van der Waals surface area contributed by atoms with Gasteiger partial charge in [0.15, 0.2) is 0 Å². The van der Waals surface area contributed by atoms with Crippen LogP contribution in [0.4, 0.5) is 11.4 Å². The van der Waals surface area contributed by atoms with Crippen LogP contribution in [0.3, 0.4) is 0 Å². The van der Waals surface area contributed by atoms with Crippen LogP contribution in [0.1, 0.15) is 5.56 Å². The van der Waals surface area contributed by atoms with E-state index in [0.717, 1.165) is 33.8 Å². The number of hydrogen-bond donors (Lipinski definition) is 1. The molecule has 2 aromatic rings. The second-order valence-electron chi connectivity index (χ2n) is 5.13. The van der Waals surface area contributed by atoms with Gasteiger partial charge in [0.25, 0.3) is 0 Å². The number of nitrogens with one attached hydrogen (secondary N) is 1. The summed E-state index contributed by atoms with van der Waals surface area (Å²) in [5, 5.41) is 3.12. The zero-order chi connectivity index (χ0) is 15.0. The molecule has 0 aliphatic carbocycles. The zero-order valence-electron chi connectivity index (χ0n) is 12.4. The molecule has 2 aromatic carbocycles. The lowest BCUT2D eigenvalue weighted by Gasteiger charge is -2.18. The molecule has 0 saturated heterocycles. The summed E-state index contributed by atoms with van der Waals surface area (Å²) in [4.78, 5) is 14.1. The molecule has 21 heavy (non-hydrogen) atoms. The largest absolute Gasteiger partial charge is 0.497 e. The summed E-state index contributed by atoms with van der Waals surface area (Å²) >= 11 is 0. The van der Waals surface area contributed by atoms with E-state index in [1.165, 1.54) is 0 Å². The van der Waals surface area contributed by atoms with Crippen molar-refractivity contribution in [2.24, 2.45) is 0 Å². The second-order valence-corrected chi connectivity index (χ2v) is 5.13. The molecule has 0 unspecified atom stereocenters. The summed E-state index contributed by atoms with van der Waals surface area (Å²) in [6.45, 7) is 0. The minimum atomic E-state index is 0.0801. The Balaban J connectivity index is 2.24. The van der Waals surface area contributed by atoms with Crippen molar-refractivity contribution in [2.75, 3.05) is 31.4 Å². The predicted molar refractivity (Wildman–Crippen MR) is 85.1 cm³/mol. The molecule has 0 fully saturated rings. The van der Waals surface area contributed by atoms with Crippen molar-refractivity contribution in [1.82, 2.24) is 0 Å². The van der Waals surface area contributed by atoms with E-state index >= 15 is 0 Å². The lowest BCUT2D eigenvalue weighted by Crippen LogP contribution is -2.26. The van der Waals surface area contributed by atoms with Crippen molar-refractivity contribution in [2.45, 2.75) is 6.42 Å². The lowest BCUT2D eigenvalue weighted by atomic mass is 9.97. The topological polar surface area (TPSA) is 41.6 Å². The number of methoxy groups -OCH3 is 1. The summed E-state index contributed by atoms with van der Waals surface area (Å²) in [7, 11) is 5.34. The summed E-state index contributed by atoms with van der Waals surface area (Å²) in [6, 6.07) is 12.0. The maximum Gasteiger partial charge on any atom is 0.231 e. The monoisotopic (exact) mass is 282 g/mol. The van der Waals surface area contributed by atoms with Crippen LogP contribution >= 0.6 is 0 Å². The zero-order valence-corrected chi connectivity index (χ0v) is 12.4. The van der Waals surface area contributed by atoms with Gasteiger partial charge in [0.1, 0.15) is 5.75 Å². The van der Waals surface area contributed by atoms with Gasteiger partial charge in [0, 0.05) is 25.3 Å². The van der Waals surface area contributed by atoms with Gasteiger partial charge >= 0.3 is 0 Å². The van der Waals surface area contributed by atoms with Gasteiger partial charge in [0.2, 0.25) is 5.91 Å². The van der Waals surface area contributed by atoms with E-state index < -0.39 is 0 Å². The molecule has 108 valence electrons. The Morgan fingerprint density at radius 1 is 1.14 bits per heavy atom. The van der Waals surface area contributed by atoms with Gasteiger partial charge in [-0.15, -0.1) is 0 Å². The quantitative estimate of drug-likeness (QED) is 0.921. The van der Waals surface area contributed by atoms with E-state index in [1.807, 2.05) is 44.4 Å². The summed E-state index contributed by atoms with van der Waals surface area (Å²) in [5.74, 6) is 0.857. The van der Waals surface area contributed by atoms with E-state index in [2.05, 4.69) is 11.4 Å². The van der Waals surface area contributed by atoms with Crippen LogP contribution in [0.15, 0.2) is 36.4 Å². The first-order chi connectivity index (χ1) is 10.1. The van der Waals surface area contributed by atoms with Crippen molar-refractivity contribution in [3.8, 4) is 16.9 Å². The van der Waals surface area contributed by atoms with E-state index in [1.54, 1.807) is 12.0 Å². The van der Waals surface area contributed by atoms with Crippen LogP contribution in [0, 0.1) is 0 Å². The molecule has 0 aromatic heterocycles. The smallest absolute Gasteiger partial charge is 0.231 e. The van der Waals surface area contributed by atoms with Gasteiger partial charge in [-0.25, -0.2) is 0 Å². The SMILES string of the molecule is CNc1ccc2c(c1)N(C)C(=O)Cc1cc(OC)ccc1-2. The highest BCUT2D eigenvalue weighted by atomic mass is 16.5. The number of anilines is 2. The number of benzene rings is 2. The number of amides is 1. The molecule has 0 bridgehead atoms. The van der Waals surface area contributed by atoms with Crippen molar-refractivity contribution in [1.29, 1.82) is 0 Å². The summed E-state index contributed by atoms with van der Waals surface area (Å²) in [6.07, 6.45) is 0.382. The summed E-state index contributed by atoms with van der Waals surface area (Å²) in [5.41, 5.74) is 5.08. The van der Waals surface area contributed by atoms with Gasteiger partial charge in [-0.05, 0) is 35.4 Å². The molecular formula is C17H18N2O2. The third kappa shape index (κ3) is 2.23. The van der Waals surface area contributed by atoms with Gasteiger partial charge in [-0.1, -0.05) is 12.1 Å². The highest BCUT2D eigenvalue weighted by Crippen LogP contribution is 2.39. The van der Waals surface area contributed by atoms with E-state index in [9.17, 15) is 4.79 Å². The number of carbonyl (C=O) groups excluding carboxylic acids is 1. The van der Waals surface area contributed by atoms with Gasteiger partial charge in [0.05, 0.1) is 19.2 Å². The molecule has 1 heterocycles. The highest BCUT2D eigenvalue weighted by Gasteiger charge is 2.23. The normalized spacial score (nSPS) is 13.3. The Labute approximate surface area is 124 Å². The molecule has 4 nitrogen and oxygen atoms in total. The number of ether oxygens (including phenoxy) is 1. The predicted octanol–water partition coefficient (Wildman–Crippen LogP) is 2.92. The number of likely N-dealkylation sites (N-methyl/N-ethyl adjacent to an activating group) is 1. The molecule has 4 heteroatoms. The lowest BCUT2D eigenvalue weighted by molar-refractivity contribution is -0.117. The first-order valence-corrected chi connectivity index (χ1v) is 6.89. The minimum Gasteiger partial charge on any atom is -0.497 e. The number of hydrogen-bond acceptors (Lipinski definition) is 3. The Morgan fingerprint density at radius 3 is 2.62 bits per heavy atom. The van der Waals surface area contributed by atoms with Gasteiger partial charge < -0.3 is 15.0 Å². The third-order valence-corrected chi connectivity index (χ3v) is 3.97. The van der Waals surface area contributed by atoms with Crippen molar-refractivity contribution in [3.63, 3.8) is 0 Å². The molecule has 0 radical (unpaired) electrons. The van der Waals surface area contributed by atoms with E-state index in [0.29, 0.717) is 6.42 Å². The fraction of sp³-hybridized carbons (Fsp3) is 0.235. The average molecular weight is 282 g/mol. The average Bonchev–Trinajstić information content (AvgIpc) is 2.62. The Bertz CT molecular complexity index is 710. The van der Waals surface area contributed by atoms with Crippen molar-refractivity contribution in [3.05, 3.63) is 42.0 Å². The van der Waals surface area contributed by atoms with Crippen LogP contribution in [0.2, 0.25) is 0 Å². The molecule has 0 saturated carbocycles. The first kappa shape index (κ1) is 13.5. The molecular weight excluding hydrogens is 264 g/mol. The molecule has 1 aliphatic heterocycles. The maximum atomic E-state index is 12.4. The molecule has 0 spiro atoms. The fourth-order valence-corrected chi connectivity index (χ4v) is 2.71. The standard InChI is InChI=1S/C17H18N2O2/c1-18-12-4-6-15-14-7-5-13(21-3)8-11(14)9-17(20)19(2)16(15)10-12/h4-8,10,18H,9H2,1-3H3. The Morgan fingerprint density at radius 2 is 1.90 bits per heavy atom. The van der Waals surface area contributed by atoms with Crippen molar-refractivity contribution >= 4 is 17.3 Å². The van der Waals surface area contributed by atoms with E-state index in [-0.39, 0.29) is 5.91 Å². The summed E-state index contributed by atoms with van der Waals surface area (Å²) < 4.78 is 5.27. The number of carbonyl (C=O) groups is 1. The van der Waals surface area contributed by atoms with Crippen molar-refractivity contribution < 1.29 is 9.53 Å². The minimum absolute atomic E-state index is 0.0801. The van der Waals surface area contributed by atoms with Crippen LogP contribution in [0.25, 0.3) is 11.1 Å². The van der Waals surface area contributed by atoms with Crippen LogP contribution in [-0.4, -0.2) is 27.1 Å². The maximum absolute atomic E-state index is 12.4. The number of nitrogens with zero attached hydrogens (tertiary/aromatic N) is 1. The second kappa shape index (κ2) is 5.13. The third-order valence-electron chi connectivity index (χ3n) is 3.97. The molecule has 3 rings (SSSR count). The first-order valence-electron chi connectivity index (χ1n) is 6.89. The van der Waals surface area contributed by atoms with E-state index in [4.69, 9.17) is 4.74 Å². The number of rotatable bonds is 2. The molecule has 1 aliphatic rings. The fourth-order valence-electron chi connectivity index (χ4n) is 2.71. The van der Waals surface area contributed by atoms with Gasteiger partial charge in [-0.2, -0.15) is 0 Å². The van der Waals surface area contributed by atoms with Crippen LogP contribution in [0.5, 0.6) is 5.75 Å². The number of fused-ring (bicyclic) bond motifs is 3.